The second kappa shape index (κ2) is 10.2. The van der Waals surface area contributed by atoms with E-state index in [4.69, 9.17) is 9.52 Å². The quantitative estimate of drug-likeness (QED) is 0.348. The Kier molecular flexibility index (Phi) is 8.56. The Bertz CT molecular complexity index is 724. The standard InChI is InChI=1S/C18H31N5O3S.HI/c1-3-19-17(20-15-18(2)7-4-5-8-18)22-9-11-23(12-10-22)27(24,25)14-16-6-13-26-21-16;/h6,13H,3-5,7-12,14-15H2,1-2H3,(H,19,20);1H. The maximum Gasteiger partial charge on any atom is 0.220 e. The lowest BCUT2D eigenvalue weighted by molar-refractivity contribution is 0.258. The Balaban J connectivity index is 0.00000280. The van der Waals surface area contributed by atoms with Crippen LogP contribution in [0.2, 0.25) is 0 Å². The lowest BCUT2D eigenvalue weighted by Crippen LogP contribution is -2.54. The lowest BCUT2D eigenvalue weighted by Gasteiger charge is -2.36. The third-order valence-corrected chi connectivity index (χ3v) is 7.32. The van der Waals surface area contributed by atoms with Gasteiger partial charge in [0.25, 0.3) is 0 Å². The van der Waals surface area contributed by atoms with Gasteiger partial charge in [-0.1, -0.05) is 24.9 Å². The summed E-state index contributed by atoms with van der Waals surface area (Å²) in [5.74, 6) is 0.787. The van der Waals surface area contributed by atoms with Crippen LogP contribution in [0, 0.1) is 5.41 Å². The molecule has 0 spiro atoms. The van der Waals surface area contributed by atoms with Gasteiger partial charge in [-0.05, 0) is 25.2 Å². The third kappa shape index (κ3) is 6.06. The van der Waals surface area contributed by atoms with Gasteiger partial charge in [-0.25, -0.2) is 8.42 Å². The van der Waals surface area contributed by atoms with E-state index in [9.17, 15) is 8.42 Å². The number of sulfonamides is 1. The first-order valence-electron chi connectivity index (χ1n) is 9.82. The monoisotopic (exact) mass is 525 g/mol. The van der Waals surface area contributed by atoms with Crippen LogP contribution >= 0.6 is 24.0 Å². The summed E-state index contributed by atoms with van der Waals surface area (Å²) in [5, 5.41) is 7.08. The smallest absolute Gasteiger partial charge is 0.220 e. The summed E-state index contributed by atoms with van der Waals surface area (Å²) < 4.78 is 31.4. The molecule has 10 heteroatoms. The predicted octanol–water partition coefficient (Wildman–Crippen LogP) is 2.29. The molecule has 0 radical (unpaired) electrons. The number of piperazine rings is 1. The van der Waals surface area contributed by atoms with Crippen molar-refractivity contribution in [2.75, 3.05) is 39.3 Å². The molecule has 1 N–H and O–H groups in total. The van der Waals surface area contributed by atoms with Crippen LogP contribution in [0.3, 0.4) is 0 Å². The molecule has 1 aromatic heterocycles. The van der Waals surface area contributed by atoms with Crippen molar-refractivity contribution in [3.63, 3.8) is 0 Å². The van der Waals surface area contributed by atoms with Gasteiger partial charge >= 0.3 is 0 Å². The summed E-state index contributed by atoms with van der Waals surface area (Å²) in [6.07, 6.45) is 6.47. The number of aliphatic imine (C=N–C) groups is 1. The molecule has 0 atom stereocenters. The third-order valence-electron chi connectivity index (χ3n) is 5.51. The van der Waals surface area contributed by atoms with Gasteiger partial charge in [0.15, 0.2) is 5.96 Å². The average Bonchev–Trinajstić information content (AvgIpc) is 3.31. The summed E-state index contributed by atoms with van der Waals surface area (Å²) >= 11 is 0. The molecule has 2 aliphatic rings. The van der Waals surface area contributed by atoms with Crippen molar-refractivity contribution in [3.05, 3.63) is 18.0 Å². The number of hydrogen-bond acceptors (Lipinski definition) is 5. The van der Waals surface area contributed by atoms with Crippen molar-refractivity contribution in [1.82, 2.24) is 19.7 Å². The Morgan fingerprint density at radius 1 is 1.29 bits per heavy atom. The highest BCUT2D eigenvalue weighted by molar-refractivity contribution is 14.0. The average molecular weight is 525 g/mol. The van der Waals surface area contributed by atoms with Gasteiger partial charge in [-0.15, -0.1) is 24.0 Å². The van der Waals surface area contributed by atoms with Crippen LogP contribution in [0.5, 0.6) is 0 Å². The maximum atomic E-state index is 12.6. The van der Waals surface area contributed by atoms with Gasteiger partial charge in [0.05, 0.1) is 5.69 Å². The van der Waals surface area contributed by atoms with E-state index >= 15 is 0 Å². The first-order valence-corrected chi connectivity index (χ1v) is 11.4. The molecule has 0 aromatic carbocycles. The minimum atomic E-state index is -3.38. The zero-order valence-electron chi connectivity index (χ0n) is 16.8. The summed E-state index contributed by atoms with van der Waals surface area (Å²) in [6.45, 7) is 8.22. The minimum Gasteiger partial charge on any atom is -0.364 e. The fourth-order valence-corrected chi connectivity index (χ4v) is 5.27. The normalized spacial score (nSPS) is 20.8. The van der Waals surface area contributed by atoms with E-state index < -0.39 is 10.0 Å². The van der Waals surface area contributed by atoms with Crippen molar-refractivity contribution in [1.29, 1.82) is 0 Å². The number of nitrogens with zero attached hydrogens (tertiary/aromatic N) is 4. The number of nitrogens with one attached hydrogen (secondary N) is 1. The van der Waals surface area contributed by atoms with Gasteiger partial charge in [0, 0.05) is 45.3 Å². The zero-order chi connectivity index (χ0) is 19.3. The molecule has 28 heavy (non-hydrogen) atoms. The van der Waals surface area contributed by atoms with Gasteiger partial charge in [-0.2, -0.15) is 4.31 Å². The highest BCUT2D eigenvalue weighted by atomic mass is 127. The van der Waals surface area contributed by atoms with Gasteiger partial charge in [-0.3, -0.25) is 4.99 Å². The van der Waals surface area contributed by atoms with E-state index in [0.717, 1.165) is 19.0 Å². The molecule has 2 fully saturated rings. The van der Waals surface area contributed by atoms with Crippen molar-refractivity contribution >= 4 is 40.0 Å². The van der Waals surface area contributed by atoms with E-state index in [2.05, 4.69) is 29.2 Å². The highest BCUT2D eigenvalue weighted by Gasteiger charge is 2.31. The maximum absolute atomic E-state index is 12.6. The molecule has 2 heterocycles. The molecule has 0 bridgehead atoms. The van der Waals surface area contributed by atoms with Crippen molar-refractivity contribution in [2.45, 2.75) is 45.3 Å². The summed E-state index contributed by atoms with van der Waals surface area (Å²) in [7, 11) is -3.38. The fourth-order valence-electron chi connectivity index (χ4n) is 3.85. The zero-order valence-corrected chi connectivity index (χ0v) is 19.9. The topological polar surface area (TPSA) is 91.0 Å². The summed E-state index contributed by atoms with van der Waals surface area (Å²) in [6, 6.07) is 1.59. The number of halogens is 1. The van der Waals surface area contributed by atoms with Crippen LogP contribution in [0.25, 0.3) is 0 Å². The van der Waals surface area contributed by atoms with Gasteiger partial charge in [0.1, 0.15) is 12.0 Å². The Labute approximate surface area is 185 Å². The molecular weight excluding hydrogens is 493 g/mol. The van der Waals surface area contributed by atoms with Gasteiger partial charge in [0.2, 0.25) is 10.0 Å². The molecule has 8 nitrogen and oxygen atoms in total. The second-order valence-corrected chi connectivity index (χ2v) is 9.79. The number of rotatable bonds is 6. The summed E-state index contributed by atoms with van der Waals surface area (Å²) in [4.78, 5) is 7.05. The van der Waals surface area contributed by atoms with E-state index in [1.54, 1.807) is 10.4 Å². The Morgan fingerprint density at radius 3 is 2.54 bits per heavy atom. The SMILES string of the molecule is CCNC(=NCC1(C)CCCC1)N1CCN(S(=O)(=O)Cc2ccon2)CC1.I. The van der Waals surface area contributed by atoms with E-state index in [1.165, 1.54) is 31.9 Å². The van der Waals surface area contributed by atoms with E-state index in [-0.39, 0.29) is 29.7 Å². The fraction of sp³-hybridized carbons (Fsp3) is 0.778. The van der Waals surface area contributed by atoms with Crippen LogP contribution in [0.4, 0.5) is 0 Å². The predicted molar refractivity (Wildman–Crippen MR) is 120 cm³/mol. The Hall–Kier alpha value is -0.880. The molecule has 1 aliphatic carbocycles. The Morgan fingerprint density at radius 2 is 1.96 bits per heavy atom. The molecule has 1 aliphatic heterocycles. The first kappa shape index (κ1) is 23.4. The van der Waals surface area contributed by atoms with Crippen LogP contribution in [-0.2, 0) is 15.8 Å². The van der Waals surface area contributed by atoms with E-state index in [1.807, 2.05) is 0 Å². The van der Waals surface area contributed by atoms with Crippen LogP contribution < -0.4 is 5.32 Å². The van der Waals surface area contributed by atoms with Crippen LogP contribution in [-0.4, -0.2) is 68.0 Å². The van der Waals surface area contributed by atoms with Gasteiger partial charge < -0.3 is 14.7 Å². The van der Waals surface area contributed by atoms with E-state index in [0.29, 0.717) is 37.3 Å². The minimum absolute atomic E-state index is 0. The largest absolute Gasteiger partial charge is 0.364 e. The molecule has 0 unspecified atom stereocenters. The number of hydrogen-bond donors (Lipinski definition) is 1. The van der Waals surface area contributed by atoms with Crippen LogP contribution in [0.1, 0.15) is 45.2 Å². The highest BCUT2D eigenvalue weighted by Crippen LogP contribution is 2.37. The molecule has 1 aromatic rings. The molecular formula is C18H32IN5O3S. The lowest BCUT2D eigenvalue weighted by atomic mass is 9.89. The number of aromatic nitrogens is 1. The van der Waals surface area contributed by atoms with Crippen molar-refractivity contribution < 1.29 is 12.9 Å². The number of guanidine groups is 1. The molecule has 1 saturated heterocycles. The summed E-state index contributed by atoms with van der Waals surface area (Å²) in [5.41, 5.74) is 0.751. The van der Waals surface area contributed by atoms with Crippen molar-refractivity contribution in [3.8, 4) is 0 Å². The first-order chi connectivity index (χ1) is 12.9. The molecule has 0 amide bonds. The van der Waals surface area contributed by atoms with Crippen LogP contribution in [0.15, 0.2) is 21.8 Å². The molecule has 160 valence electrons. The van der Waals surface area contributed by atoms with Crippen molar-refractivity contribution in [2.24, 2.45) is 10.4 Å². The molecule has 3 rings (SSSR count). The molecule has 1 saturated carbocycles. The second-order valence-electron chi connectivity index (χ2n) is 7.82.